The first kappa shape index (κ1) is 17.7. The normalized spacial score (nSPS) is 17.1. The summed E-state index contributed by atoms with van der Waals surface area (Å²) in [6, 6.07) is 5.78. The van der Waals surface area contributed by atoms with E-state index in [1.807, 2.05) is 25.2 Å². The quantitative estimate of drug-likeness (QED) is 0.626. The lowest BCUT2D eigenvalue weighted by Crippen LogP contribution is -2.42. The molecule has 6 nitrogen and oxygen atoms in total. The van der Waals surface area contributed by atoms with Crippen molar-refractivity contribution in [2.24, 2.45) is 7.05 Å². The van der Waals surface area contributed by atoms with E-state index in [0.29, 0.717) is 22.8 Å². The first-order valence-electron chi connectivity index (χ1n) is 8.58. The molecule has 0 saturated carbocycles. The maximum atomic E-state index is 12.7. The molecule has 0 aromatic carbocycles. The highest BCUT2D eigenvalue weighted by atomic mass is 16.3. The molecule has 0 fully saturated rings. The Kier molecular flexibility index (Phi) is 4.33. The Bertz CT molecular complexity index is 1020. The fourth-order valence-electron chi connectivity index (χ4n) is 3.33. The first-order chi connectivity index (χ1) is 12.3. The van der Waals surface area contributed by atoms with Crippen LogP contribution in [0.4, 0.5) is 0 Å². The topological polar surface area (TPSA) is 79.2 Å². The third kappa shape index (κ3) is 2.57. The molecule has 0 spiro atoms. The predicted octanol–water partition coefficient (Wildman–Crippen LogP) is 3.51. The third-order valence-electron chi connectivity index (χ3n) is 4.81. The highest BCUT2D eigenvalue weighted by Crippen LogP contribution is 2.31. The van der Waals surface area contributed by atoms with Crippen LogP contribution >= 0.6 is 0 Å². The van der Waals surface area contributed by atoms with Crippen LogP contribution in [0.3, 0.4) is 0 Å². The molecule has 1 aliphatic rings. The fraction of sp³-hybridized carbons (Fsp3) is 0.350. The SMILES string of the molecule is CCN1C(=O)C(C#N)=C(C)/C(=C/c2cc3c(cc(C(C)C)n3C)o2)C1=O. The molecule has 0 radical (unpaired) electrons. The van der Waals surface area contributed by atoms with Crippen molar-refractivity contribution in [3.05, 3.63) is 40.3 Å². The van der Waals surface area contributed by atoms with Crippen molar-refractivity contribution in [1.82, 2.24) is 9.47 Å². The van der Waals surface area contributed by atoms with Crippen molar-refractivity contribution in [3.63, 3.8) is 0 Å². The maximum Gasteiger partial charge on any atom is 0.271 e. The molecule has 1 aliphatic heterocycles. The fourth-order valence-corrected chi connectivity index (χ4v) is 3.33. The van der Waals surface area contributed by atoms with Crippen LogP contribution in [0.5, 0.6) is 0 Å². The summed E-state index contributed by atoms with van der Waals surface area (Å²) in [6.07, 6.45) is 1.61. The lowest BCUT2D eigenvalue weighted by molar-refractivity contribution is -0.140. The van der Waals surface area contributed by atoms with Crippen molar-refractivity contribution < 1.29 is 14.0 Å². The minimum absolute atomic E-state index is 0.00379. The summed E-state index contributed by atoms with van der Waals surface area (Å²) in [7, 11) is 1.98. The molecule has 0 N–H and O–H groups in total. The zero-order chi connectivity index (χ0) is 19.2. The number of aromatic nitrogens is 1. The first-order valence-corrected chi connectivity index (χ1v) is 8.58. The molecule has 3 rings (SSSR count). The molecule has 6 heteroatoms. The van der Waals surface area contributed by atoms with Gasteiger partial charge in [-0.1, -0.05) is 13.8 Å². The van der Waals surface area contributed by atoms with Crippen LogP contribution in [0.2, 0.25) is 0 Å². The van der Waals surface area contributed by atoms with Gasteiger partial charge in [0.15, 0.2) is 5.58 Å². The Morgan fingerprint density at radius 3 is 2.50 bits per heavy atom. The molecule has 3 heterocycles. The second-order valence-electron chi connectivity index (χ2n) is 6.71. The average Bonchev–Trinajstić information content (AvgIpc) is 3.11. The summed E-state index contributed by atoms with van der Waals surface area (Å²) in [5, 5.41) is 9.29. The van der Waals surface area contributed by atoms with Gasteiger partial charge in [-0.25, -0.2) is 0 Å². The summed E-state index contributed by atoms with van der Waals surface area (Å²) in [5.74, 6) is -0.0544. The van der Waals surface area contributed by atoms with Crippen LogP contribution in [0, 0.1) is 11.3 Å². The van der Waals surface area contributed by atoms with E-state index in [1.165, 1.54) is 0 Å². The van der Waals surface area contributed by atoms with Gasteiger partial charge in [0.25, 0.3) is 11.8 Å². The summed E-state index contributed by atoms with van der Waals surface area (Å²) in [4.78, 5) is 26.0. The van der Waals surface area contributed by atoms with Crippen LogP contribution in [-0.4, -0.2) is 27.8 Å². The number of hydrogen-bond acceptors (Lipinski definition) is 4. The number of carbonyl (C=O) groups excluding carboxylic acids is 2. The van der Waals surface area contributed by atoms with E-state index >= 15 is 0 Å². The van der Waals surface area contributed by atoms with E-state index in [0.717, 1.165) is 21.7 Å². The molecule has 2 aromatic heterocycles. The highest BCUT2D eigenvalue weighted by Gasteiger charge is 2.34. The Labute approximate surface area is 152 Å². The van der Waals surface area contributed by atoms with E-state index in [1.54, 1.807) is 19.9 Å². The number of rotatable bonds is 3. The average molecular weight is 351 g/mol. The van der Waals surface area contributed by atoms with Crippen molar-refractivity contribution in [1.29, 1.82) is 5.26 Å². The lowest BCUT2D eigenvalue weighted by atomic mass is 9.95. The predicted molar refractivity (Wildman–Crippen MR) is 98.0 cm³/mol. The number of furan rings is 1. The molecule has 0 bridgehead atoms. The van der Waals surface area contributed by atoms with Crippen LogP contribution in [0.1, 0.15) is 45.1 Å². The van der Waals surface area contributed by atoms with E-state index in [2.05, 4.69) is 18.4 Å². The zero-order valence-corrected chi connectivity index (χ0v) is 15.6. The number of likely N-dealkylation sites (N-methyl/N-ethyl adjacent to an activating group) is 1. The van der Waals surface area contributed by atoms with E-state index < -0.39 is 11.8 Å². The third-order valence-corrected chi connectivity index (χ3v) is 4.81. The molecule has 2 aromatic rings. The Morgan fingerprint density at radius 2 is 1.96 bits per heavy atom. The van der Waals surface area contributed by atoms with Gasteiger partial charge in [-0.05, 0) is 31.4 Å². The minimum atomic E-state index is -0.541. The van der Waals surface area contributed by atoms with Gasteiger partial charge in [-0.15, -0.1) is 0 Å². The molecule has 2 amide bonds. The minimum Gasteiger partial charge on any atom is -0.455 e. The van der Waals surface area contributed by atoms with Crippen LogP contribution in [0.25, 0.3) is 17.2 Å². The van der Waals surface area contributed by atoms with Crippen molar-refractivity contribution in [2.75, 3.05) is 6.54 Å². The molecular formula is C20H21N3O3. The highest BCUT2D eigenvalue weighted by molar-refractivity contribution is 6.19. The second-order valence-corrected chi connectivity index (χ2v) is 6.71. The van der Waals surface area contributed by atoms with Crippen molar-refractivity contribution in [3.8, 4) is 6.07 Å². The lowest BCUT2D eigenvalue weighted by Gasteiger charge is -2.25. The van der Waals surface area contributed by atoms with Gasteiger partial charge in [-0.2, -0.15) is 5.26 Å². The zero-order valence-electron chi connectivity index (χ0n) is 15.6. The van der Waals surface area contributed by atoms with Gasteiger partial charge in [0.2, 0.25) is 0 Å². The number of nitrogens with zero attached hydrogens (tertiary/aromatic N) is 3. The Balaban J connectivity index is 2.12. The van der Waals surface area contributed by atoms with Gasteiger partial charge in [0.05, 0.1) is 5.52 Å². The van der Waals surface area contributed by atoms with Crippen molar-refractivity contribution >= 4 is 29.0 Å². The maximum absolute atomic E-state index is 12.7. The number of fused-ring (bicyclic) bond motifs is 1. The summed E-state index contributed by atoms with van der Waals surface area (Å²) in [6.45, 7) is 7.77. The van der Waals surface area contributed by atoms with E-state index in [-0.39, 0.29) is 12.1 Å². The van der Waals surface area contributed by atoms with Gasteiger partial charge < -0.3 is 8.98 Å². The van der Waals surface area contributed by atoms with E-state index in [4.69, 9.17) is 4.42 Å². The van der Waals surface area contributed by atoms with Gasteiger partial charge in [0, 0.05) is 37.0 Å². The summed E-state index contributed by atoms with van der Waals surface area (Å²) < 4.78 is 7.95. The number of aryl methyl sites for hydroxylation is 1. The molecule has 0 unspecified atom stereocenters. The van der Waals surface area contributed by atoms with Crippen LogP contribution in [-0.2, 0) is 16.6 Å². The summed E-state index contributed by atoms with van der Waals surface area (Å²) >= 11 is 0. The van der Waals surface area contributed by atoms with Crippen molar-refractivity contribution in [2.45, 2.75) is 33.6 Å². The van der Waals surface area contributed by atoms with Gasteiger partial charge >= 0.3 is 0 Å². The number of amides is 2. The molecule has 26 heavy (non-hydrogen) atoms. The number of imide groups is 1. The second kappa shape index (κ2) is 6.34. The smallest absolute Gasteiger partial charge is 0.271 e. The van der Waals surface area contributed by atoms with Gasteiger partial charge in [0.1, 0.15) is 17.4 Å². The molecule has 0 aliphatic carbocycles. The Hall–Kier alpha value is -3.07. The standard InChI is InChI=1S/C20H21N3O3/c1-6-23-19(24)14(12(4)15(10-21)20(23)25)7-13-8-17-18(26-13)9-16(11(2)3)22(17)5/h7-9,11H,6H2,1-5H3/b14-7-. The summed E-state index contributed by atoms with van der Waals surface area (Å²) in [5.41, 5.74) is 3.54. The number of nitriles is 1. The molecule has 0 saturated heterocycles. The molecular weight excluding hydrogens is 330 g/mol. The number of carbonyl (C=O) groups is 2. The molecule has 0 atom stereocenters. The van der Waals surface area contributed by atoms with E-state index in [9.17, 15) is 14.9 Å². The number of hydrogen-bond donors (Lipinski definition) is 0. The van der Waals surface area contributed by atoms with Crippen LogP contribution in [0.15, 0.2) is 33.3 Å². The monoisotopic (exact) mass is 351 g/mol. The van der Waals surface area contributed by atoms with Crippen LogP contribution < -0.4 is 0 Å². The largest absolute Gasteiger partial charge is 0.455 e. The Morgan fingerprint density at radius 1 is 1.27 bits per heavy atom. The molecule has 134 valence electrons. The van der Waals surface area contributed by atoms with Gasteiger partial charge in [-0.3, -0.25) is 14.5 Å².